The molecule has 0 bridgehead atoms. The fraction of sp³-hybridized carbons (Fsp3) is 0.211. The van der Waals surface area contributed by atoms with Crippen LogP contribution in [-0.4, -0.2) is 47.9 Å². The number of nitrogens with one attached hydrogen (secondary N) is 1. The average Bonchev–Trinajstić information content (AvgIpc) is 2.89. The summed E-state index contributed by atoms with van der Waals surface area (Å²) >= 11 is 6.72. The van der Waals surface area contributed by atoms with Gasteiger partial charge in [-0.25, -0.2) is 9.80 Å². The number of thiocarbonyl (C=S) groups is 1. The van der Waals surface area contributed by atoms with Gasteiger partial charge in [0.15, 0.2) is 10.5 Å². The molecule has 7 nitrogen and oxygen atoms in total. The first-order chi connectivity index (χ1) is 13.3. The molecule has 0 saturated carbocycles. The Hall–Kier alpha value is -2.62. The number of carbonyl (C=O) groups excluding carboxylic acids is 1. The van der Waals surface area contributed by atoms with Gasteiger partial charge in [0.2, 0.25) is 0 Å². The van der Waals surface area contributed by atoms with E-state index in [-0.39, 0.29) is 5.75 Å². The fourth-order valence-corrected chi connectivity index (χ4v) is 4.55. The van der Waals surface area contributed by atoms with Gasteiger partial charge in [-0.05, 0) is 38.1 Å². The normalized spacial score (nSPS) is 18.5. The molecule has 0 radical (unpaired) electrons. The Morgan fingerprint density at radius 3 is 2.57 bits per heavy atom. The summed E-state index contributed by atoms with van der Waals surface area (Å²) in [5, 5.41) is 29.5. The van der Waals surface area contributed by atoms with Gasteiger partial charge in [0.25, 0.3) is 0 Å². The molecule has 3 rings (SSSR count). The van der Waals surface area contributed by atoms with Crippen molar-refractivity contribution < 1.29 is 15.1 Å². The van der Waals surface area contributed by atoms with Gasteiger partial charge in [-0.3, -0.25) is 5.21 Å². The molecule has 0 aromatic heterocycles. The van der Waals surface area contributed by atoms with Crippen LogP contribution in [0.5, 0.6) is 5.75 Å². The number of para-hydroxylation sites is 2. The van der Waals surface area contributed by atoms with Crippen molar-refractivity contribution in [3.05, 3.63) is 60.2 Å². The van der Waals surface area contributed by atoms with Crippen LogP contribution >= 0.6 is 24.0 Å². The van der Waals surface area contributed by atoms with Crippen molar-refractivity contribution in [3.8, 4) is 5.75 Å². The van der Waals surface area contributed by atoms with E-state index in [4.69, 9.17) is 12.2 Å². The Bertz CT molecular complexity index is 905. The average molecular weight is 417 g/mol. The van der Waals surface area contributed by atoms with Crippen molar-refractivity contribution in [3.63, 3.8) is 0 Å². The van der Waals surface area contributed by atoms with Crippen LogP contribution in [0.4, 0.5) is 10.5 Å². The first-order valence-electron chi connectivity index (χ1n) is 8.48. The van der Waals surface area contributed by atoms with Crippen molar-refractivity contribution >= 4 is 46.2 Å². The molecule has 146 valence electrons. The minimum Gasteiger partial charge on any atom is -0.507 e. The smallest absolute Gasteiger partial charge is 0.347 e. The highest BCUT2D eigenvalue weighted by atomic mass is 32.2. The first-order valence-corrected chi connectivity index (χ1v) is 9.70. The lowest BCUT2D eigenvalue weighted by Crippen LogP contribution is -2.54. The molecule has 3 N–H and O–H groups in total. The molecule has 1 fully saturated rings. The minimum absolute atomic E-state index is 0.0718. The number of phenols is 1. The predicted molar refractivity (Wildman–Crippen MR) is 115 cm³/mol. The summed E-state index contributed by atoms with van der Waals surface area (Å²) in [5.74, 6) is 0.0718. The Kier molecular flexibility index (Phi) is 5.87. The van der Waals surface area contributed by atoms with E-state index in [1.54, 1.807) is 48.5 Å². The third kappa shape index (κ3) is 4.27. The number of nitrogens with zero attached hydrogens (tertiary/aromatic N) is 3. The van der Waals surface area contributed by atoms with E-state index in [0.29, 0.717) is 20.6 Å². The second kappa shape index (κ2) is 8.17. The molecule has 0 spiro atoms. The van der Waals surface area contributed by atoms with Gasteiger partial charge in [0, 0.05) is 11.3 Å². The number of thioether (sulfide) groups is 1. The van der Waals surface area contributed by atoms with Gasteiger partial charge in [-0.2, -0.15) is 10.2 Å². The Balaban J connectivity index is 1.84. The van der Waals surface area contributed by atoms with Gasteiger partial charge in [0.1, 0.15) is 5.75 Å². The summed E-state index contributed by atoms with van der Waals surface area (Å²) in [5.41, 5.74) is 1.05. The molecule has 2 aromatic carbocycles. The fourth-order valence-electron chi connectivity index (χ4n) is 2.76. The number of aromatic hydroxyl groups is 1. The van der Waals surface area contributed by atoms with Crippen LogP contribution in [0.25, 0.3) is 0 Å². The summed E-state index contributed by atoms with van der Waals surface area (Å²) in [4.78, 5) is 12.6. The Morgan fingerprint density at radius 1 is 1.25 bits per heavy atom. The molecule has 1 atom stereocenters. The first kappa shape index (κ1) is 20.1. The number of benzene rings is 2. The number of amides is 2. The van der Waals surface area contributed by atoms with Gasteiger partial charge in [-0.15, -0.1) is 0 Å². The van der Waals surface area contributed by atoms with E-state index in [2.05, 4.69) is 10.4 Å². The van der Waals surface area contributed by atoms with Crippen LogP contribution in [0, 0.1) is 0 Å². The van der Waals surface area contributed by atoms with Crippen molar-refractivity contribution in [1.29, 1.82) is 0 Å². The SMILES string of the molecule is CC1(C)SC(=S)N(N=Cc2ccccc2O)C1N(O)C(=O)Nc1ccccc1. The molecule has 28 heavy (non-hydrogen) atoms. The monoisotopic (exact) mass is 416 g/mol. The summed E-state index contributed by atoms with van der Waals surface area (Å²) in [6, 6.07) is 14.9. The highest BCUT2D eigenvalue weighted by molar-refractivity contribution is 8.24. The molecule has 2 aromatic rings. The van der Waals surface area contributed by atoms with Crippen LogP contribution in [-0.2, 0) is 0 Å². The Morgan fingerprint density at radius 2 is 1.89 bits per heavy atom. The van der Waals surface area contributed by atoms with Gasteiger partial charge in [0.05, 0.1) is 11.0 Å². The maximum absolute atomic E-state index is 12.6. The van der Waals surface area contributed by atoms with Crippen LogP contribution < -0.4 is 5.32 Å². The molecule has 2 amide bonds. The van der Waals surface area contributed by atoms with Crippen LogP contribution in [0.3, 0.4) is 0 Å². The van der Waals surface area contributed by atoms with E-state index >= 15 is 0 Å². The maximum atomic E-state index is 12.6. The van der Waals surface area contributed by atoms with E-state index < -0.39 is 16.9 Å². The summed E-state index contributed by atoms with van der Waals surface area (Å²) in [6.07, 6.45) is 0.607. The molecular weight excluding hydrogens is 396 g/mol. The second-order valence-electron chi connectivity index (χ2n) is 6.63. The number of phenolic OH excluding ortho intramolecular Hbond substituents is 1. The van der Waals surface area contributed by atoms with E-state index in [1.807, 2.05) is 19.9 Å². The second-order valence-corrected chi connectivity index (χ2v) is 8.92. The van der Waals surface area contributed by atoms with Crippen LogP contribution in [0.1, 0.15) is 19.4 Å². The number of hydrazone groups is 1. The molecule has 1 heterocycles. The highest BCUT2D eigenvalue weighted by Gasteiger charge is 2.50. The van der Waals surface area contributed by atoms with Crippen LogP contribution in [0.2, 0.25) is 0 Å². The van der Waals surface area contributed by atoms with E-state index in [9.17, 15) is 15.1 Å². The van der Waals surface area contributed by atoms with Crippen molar-refractivity contribution in [1.82, 2.24) is 10.1 Å². The number of rotatable bonds is 4. The summed E-state index contributed by atoms with van der Waals surface area (Å²) in [6.45, 7) is 3.73. The third-order valence-electron chi connectivity index (χ3n) is 4.11. The van der Waals surface area contributed by atoms with Gasteiger partial charge < -0.3 is 10.4 Å². The molecule has 1 saturated heterocycles. The number of hydroxylamine groups is 2. The Labute approximate surface area is 172 Å². The summed E-state index contributed by atoms with van der Waals surface area (Å²) < 4.78 is -0.205. The van der Waals surface area contributed by atoms with Crippen molar-refractivity contribution in [2.45, 2.75) is 24.8 Å². The van der Waals surface area contributed by atoms with Gasteiger partial charge in [-0.1, -0.05) is 54.3 Å². The predicted octanol–water partition coefficient (Wildman–Crippen LogP) is 4.09. The number of hydrogen-bond donors (Lipinski definition) is 3. The molecule has 9 heteroatoms. The number of hydrogen-bond acceptors (Lipinski definition) is 6. The summed E-state index contributed by atoms with van der Waals surface area (Å²) in [7, 11) is 0. The van der Waals surface area contributed by atoms with Gasteiger partial charge >= 0.3 is 6.03 Å². The quantitative estimate of drug-likeness (QED) is 0.301. The van der Waals surface area contributed by atoms with Crippen LogP contribution in [0.15, 0.2) is 59.7 Å². The molecule has 1 unspecified atom stereocenters. The highest BCUT2D eigenvalue weighted by Crippen LogP contribution is 2.42. The molecular formula is C19H20N4O3S2. The lowest BCUT2D eigenvalue weighted by Gasteiger charge is -2.34. The molecule has 1 aliphatic heterocycles. The zero-order valence-corrected chi connectivity index (χ0v) is 16.9. The van der Waals surface area contributed by atoms with Crippen molar-refractivity contribution in [2.75, 3.05) is 5.32 Å². The standard InChI is InChI=1S/C19H20N4O3S2/c1-19(2)16(23(26)17(25)21-14-9-4-3-5-10-14)22(18(27)28-19)20-12-13-8-6-7-11-15(13)24/h3-12,16,24,26H,1-2H3,(H,21,25). The zero-order chi connectivity index (χ0) is 20.3. The lowest BCUT2D eigenvalue weighted by atomic mass is 10.1. The maximum Gasteiger partial charge on any atom is 0.347 e. The number of urea groups is 1. The number of anilines is 1. The third-order valence-corrected chi connectivity index (χ3v) is 5.65. The topological polar surface area (TPSA) is 88.4 Å². The lowest BCUT2D eigenvalue weighted by molar-refractivity contribution is -0.114. The van der Waals surface area contributed by atoms with E-state index in [0.717, 1.165) is 0 Å². The number of carbonyl (C=O) groups is 1. The van der Waals surface area contributed by atoms with Crippen molar-refractivity contribution in [2.24, 2.45) is 5.10 Å². The zero-order valence-electron chi connectivity index (χ0n) is 15.3. The van der Waals surface area contributed by atoms with E-state index in [1.165, 1.54) is 23.0 Å². The largest absolute Gasteiger partial charge is 0.507 e. The minimum atomic E-state index is -0.837. The molecule has 0 aliphatic carbocycles. The molecule has 1 aliphatic rings.